The SMILES string of the molecule is O=C(Cc1cccs1)NC1C(=O)N2C(C(=O)O)C(CF)=CS[C@H]12. The van der Waals surface area contributed by atoms with Gasteiger partial charge in [-0.2, -0.15) is 0 Å². The number of thioether (sulfide) groups is 1. The number of fused-ring (bicyclic) bond motifs is 1. The number of rotatable bonds is 5. The molecule has 0 saturated carbocycles. The highest BCUT2D eigenvalue weighted by Crippen LogP contribution is 2.40. The Morgan fingerprint density at radius 1 is 1.43 bits per heavy atom. The van der Waals surface area contributed by atoms with Crippen molar-refractivity contribution in [1.82, 2.24) is 10.2 Å². The number of β-lactam (4-membered cyclic amide) rings is 1. The minimum Gasteiger partial charge on any atom is -0.479 e. The number of nitrogens with zero attached hydrogens (tertiary/aromatic N) is 1. The van der Waals surface area contributed by atoms with Crippen LogP contribution in [0.4, 0.5) is 4.39 Å². The normalized spacial score (nSPS) is 26.1. The lowest BCUT2D eigenvalue weighted by atomic mass is 9.98. The molecule has 3 heterocycles. The maximum atomic E-state index is 12.9. The largest absolute Gasteiger partial charge is 0.479 e. The lowest BCUT2D eigenvalue weighted by molar-refractivity contribution is -0.160. The smallest absolute Gasteiger partial charge is 0.330 e. The molecule has 3 atom stereocenters. The van der Waals surface area contributed by atoms with Crippen LogP contribution in [0.15, 0.2) is 28.5 Å². The Hall–Kier alpha value is -1.87. The molecule has 1 aromatic rings. The summed E-state index contributed by atoms with van der Waals surface area (Å²) in [6.45, 7) is -0.921. The van der Waals surface area contributed by atoms with Gasteiger partial charge in [-0.3, -0.25) is 9.59 Å². The maximum Gasteiger partial charge on any atom is 0.330 e. The van der Waals surface area contributed by atoms with Gasteiger partial charge in [-0.25, -0.2) is 9.18 Å². The number of hydrogen-bond acceptors (Lipinski definition) is 5. The first-order valence-electron chi connectivity index (χ1n) is 6.80. The molecule has 9 heteroatoms. The summed E-state index contributed by atoms with van der Waals surface area (Å²) in [5.74, 6) is -2.05. The molecule has 1 aromatic heterocycles. The molecule has 122 valence electrons. The van der Waals surface area contributed by atoms with Crippen molar-refractivity contribution in [2.24, 2.45) is 0 Å². The standard InChI is InChI=1S/C14H13FN2O4S2/c15-5-7-6-23-13-10(12(19)17(13)11(7)14(20)21)16-9(18)4-8-2-1-3-22-8/h1-3,6,10-11,13H,4-5H2,(H,16,18)(H,20,21)/t10?,11?,13-/m1/s1. The topological polar surface area (TPSA) is 86.7 Å². The molecule has 0 bridgehead atoms. The van der Waals surface area contributed by atoms with Crippen molar-refractivity contribution in [3.05, 3.63) is 33.4 Å². The zero-order chi connectivity index (χ0) is 16.6. The monoisotopic (exact) mass is 356 g/mol. The Morgan fingerprint density at radius 3 is 2.83 bits per heavy atom. The van der Waals surface area contributed by atoms with Crippen molar-refractivity contribution in [2.45, 2.75) is 23.9 Å². The fourth-order valence-corrected chi connectivity index (χ4v) is 4.52. The number of carboxylic acid groups (broad SMARTS) is 1. The van der Waals surface area contributed by atoms with Gasteiger partial charge in [0.15, 0.2) is 6.04 Å². The number of amides is 2. The van der Waals surface area contributed by atoms with E-state index in [1.807, 2.05) is 17.5 Å². The summed E-state index contributed by atoms with van der Waals surface area (Å²) in [5.41, 5.74) is 0.0514. The summed E-state index contributed by atoms with van der Waals surface area (Å²) in [5, 5.41) is 14.6. The Bertz CT molecular complexity index is 676. The molecule has 1 fully saturated rings. The van der Waals surface area contributed by atoms with Crippen LogP contribution in [0.3, 0.4) is 0 Å². The Morgan fingerprint density at radius 2 is 2.22 bits per heavy atom. The van der Waals surface area contributed by atoms with Crippen molar-refractivity contribution < 1.29 is 23.9 Å². The molecule has 2 aliphatic heterocycles. The van der Waals surface area contributed by atoms with Crippen molar-refractivity contribution >= 4 is 40.9 Å². The second-order valence-electron chi connectivity index (χ2n) is 5.14. The fourth-order valence-electron chi connectivity index (χ4n) is 2.62. The van der Waals surface area contributed by atoms with E-state index < -0.39 is 36.0 Å². The highest BCUT2D eigenvalue weighted by molar-refractivity contribution is 8.02. The van der Waals surface area contributed by atoms with Gasteiger partial charge < -0.3 is 15.3 Å². The molecule has 0 radical (unpaired) electrons. The number of aliphatic carboxylic acids is 1. The van der Waals surface area contributed by atoms with E-state index in [1.165, 1.54) is 16.7 Å². The van der Waals surface area contributed by atoms with E-state index in [4.69, 9.17) is 0 Å². The minimum absolute atomic E-state index is 0.0514. The van der Waals surface area contributed by atoms with Crippen molar-refractivity contribution in [3.63, 3.8) is 0 Å². The molecular weight excluding hydrogens is 343 g/mol. The Balaban J connectivity index is 1.68. The first kappa shape index (κ1) is 16.0. The Labute approximate surface area is 139 Å². The van der Waals surface area contributed by atoms with E-state index in [2.05, 4.69) is 5.32 Å². The molecule has 2 unspecified atom stereocenters. The number of halogens is 1. The number of carbonyl (C=O) groups is 3. The van der Waals surface area contributed by atoms with E-state index in [0.29, 0.717) is 0 Å². The zero-order valence-electron chi connectivity index (χ0n) is 11.8. The average molecular weight is 356 g/mol. The first-order valence-corrected chi connectivity index (χ1v) is 8.62. The average Bonchev–Trinajstić information content (AvgIpc) is 3.03. The van der Waals surface area contributed by atoms with Crippen molar-refractivity contribution in [3.8, 4) is 0 Å². The van der Waals surface area contributed by atoms with Gasteiger partial charge in [0.2, 0.25) is 11.8 Å². The number of carboxylic acids is 1. The first-order chi connectivity index (χ1) is 11.0. The summed E-state index contributed by atoms with van der Waals surface area (Å²) >= 11 is 2.60. The van der Waals surface area contributed by atoms with Gasteiger partial charge in [-0.05, 0) is 16.9 Å². The fraction of sp³-hybridized carbons (Fsp3) is 0.357. The third kappa shape index (κ3) is 2.86. The summed E-state index contributed by atoms with van der Waals surface area (Å²) in [6, 6.07) is 1.60. The van der Waals surface area contributed by atoms with Crippen LogP contribution < -0.4 is 5.32 Å². The molecule has 0 spiro atoms. The van der Waals surface area contributed by atoms with Crippen molar-refractivity contribution in [2.75, 3.05) is 6.67 Å². The van der Waals surface area contributed by atoms with E-state index in [0.717, 1.165) is 21.5 Å². The molecule has 0 aromatic carbocycles. The lowest BCUT2D eigenvalue weighted by Crippen LogP contribution is -2.74. The molecule has 23 heavy (non-hydrogen) atoms. The van der Waals surface area contributed by atoms with E-state index in [-0.39, 0.29) is 17.9 Å². The van der Waals surface area contributed by atoms with Crippen LogP contribution in [0.25, 0.3) is 0 Å². The predicted octanol–water partition coefficient (Wildman–Crippen LogP) is 0.997. The summed E-state index contributed by atoms with van der Waals surface area (Å²) in [4.78, 5) is 37.5. The lowest BCUT2D eigenvalue weighted by Gasteiger charge is -2.51. The van der Waals surface area contributed by atoms with Gasteiger partial charge in [0, 0.05) is 10.5 Å². The number of alkyl halides is 1. The zero-order valence-corrected chi connectivity index (χ0v) is 13.4. The Kier molecular flexibility index (Phi) is 4.40. The second-order valence-corrected chi connectivity index (χ2v) is 7.16. The quantitative estimate of drug-likeness (QED) is 0.769. The highest BCUT2D eigenvalue weighted by atomic mass is 32.2. The molecular formula is C14H13FN2O4S2. The number of hydrogen-bond donors (Lipinski definition) is 2. The van der Waals surface area contributed by atoms with E-state index in [1.54, 1.807) is 0 Å². The molecule has 3 rings (SSSR count). The number of nitrogens with one attached hydrogen (secondary N) is 1. The summed E-state index contributed by atoms with van der Waals surface area (Å²) in [6.07, 6.45) is 0.173. The minimum atomic E-state index is -1.29. The van der Waals surface area contributed by atoms with Gasteiger partial charge in [0.05, 0.1) is 6.42 Å². The molecule has 2 N–H and O–H groups in total. The van der Waals surface area contributed by atoms with Crippen LogP contribution >= 0.6 is 23.1 Å². The van der Waals surface area contributed by atoms with E-state index in [9.17, 15) is 23.9 Å². The van der Waals surface area contributed by atoms with Gasteiger partial charge in [-0.15, -0.1) is 23.1 Å². The van der Waals surface area contributed by atoms with Gasteiger partial charge in [0.1, 0.15) is 18.1 Å². The third-order valence-corrected chi connectivity index (χ3v) is 5.78. The van der Waals surface area contributed by atoms with Crippen LogP contribution in [-0.2, 0) is 20.8 Å². The molecule has 0 aliphatic carbocycles. The molecule has 6 nitrogen and oxygen atoms in total. The van der Waals surface area contributed by atoms with Gasteiger partial charge in [-0.1, -0.05) is 6.07 Å². The number of thiophene rings is 1. The predicted molar refractivity (Wildman–Crippen MR) is 83.7 cm³/mol. The molecule has 2 aliphatic rings. The number of carbonyl (C=O) groups excluding carboxylic acids is 2. The van der Waals surface area contributed by atoms with Crippen LogP contribution in [-0.4, -0.2) is 51.9 Å². The van der Waals surface area contributed by atoms with Gasteiger partial charge >= 0.3 is 5.97 Å². The van der Waals surface area contributed by atoms with Gasteiger partial charge in [0.25, 0.3) is 0 Å². The van der Waals surface area contributed by atoms with Crippen LogP contribution in [0, 0.1) is 0 Å². The van der Waals surface area contributed by atoms with Crippen molar-refractivity contribution in [1.29, 1.82) is 0 Å². The second kappa shape index (κ2) is 6.32. The van der Waals surface area contributed by atoms with E-state index >= 15 is 0 Å². The van der Waals surface area contributed by atoms with Crippen LogP contribution in [0.1, 0.15) is 4.88 Å². The third-order valence-electron chi connectivity index (χ3n) is 3.69. The maximum absolute atomic E-state index is 12.9. The highest BCUT2D eigenvalue weighted by Gasteiger charge is 2.55. The summed E-state index contributed by atoms with van der Waals surface area (Å²) < 4.78 is 12.9. The molecule has 2 amide bonds. The molecule has 1 saturated heterocycles. The van der Waals surface area contributed by atoms with Crippen LogP contribution in [0.2, 0.25) is 0 Å². The van der Waals surface area contributed by atoms with Crippen LogP contribution in [0.5, 0.6) is 0 Å². The summed E-state index contributed by atoms with van der Waals surface area (Å²) in [7, 11) is 0.